The van der Waals surface area contributed by atoms with Crippen molar-refractivity contribution in [3.63, 3.8) is 0 Å². The van der Waals surface area contributed by atoms with E-state index in [0.717, 1.165) is 29.6 Å². The number of para-hydroxylation sites is 1. The molecular formula is C16H21N3O. The zero-order valence-electron chi connectivity index (χ0n) is 11.7. The first-order chi connectivity index (χ1) is 9.83. The molecule has 1 aliphatic heterocycles. The molecule has 2 N–H and O–H groups in total. The first kappa shape index (κ1) is 12.1. The molecule has 1 atom stereocenters. The quantitative estimate of drug-likeness (QED) is 0.848. The van der Waals surface area contributed by atoms with Gasteiger partial charge in [0.05, 0.1) is 5.69 Å². The molecular weight excluding hydrogens is 250 g/mol. The van der Waals surface area contributed by atoms with Crippen LogP contribution in [0.5, 0.6) is 0 Å². The van der Waals surface area contributed by atoms with Crippen LogP contribution in [0.4, 0.5) is 11.7 Å². The molecule has 0 spiro atoms. The number of nitrogen functional groups attached to an aromatic ring is 1. The number of aromatic nitrogens is 1. The Bertz CT molecular complexity index is 615. The number of fused-ring (bicyclic) bond motifs is 1. The van der Waals surface area contributed by atoms with Gasteiger partial charge in [-0.2, -0.15) is 4.98 Å². The van der Waals surface area contributed by atoms with Gasteiger partial charge >= 0.3 is 0 Å². The monoisotopic (exact) mass is 271 g/mol. The average Bonchev–Trinajstić information content (AvgIpc) is 3.18. The van der Waals surface area contributed by atoms with Gasteiger partial charge in [-0.3, -0.25) is 0 Å². The second-order valence-electron chi connectivity index (χ2n) is 6.14. The summed E-state index contributed by atoms with van der Waals surface area (Å²) in [7, 11) is 0. The van der Waals surface area contributed by atoms with E-state index in [-0.39, 0.29) is 0 Å². The second kappa shape index (κ2) is 4.69. The van der Waals surface area contributed by atoms with Crippen LogP contribution in [0.15, 0.2) is 22.6 Å². The van der Waals surface area contributed by atoms with Crippen LogP contribution >= 0.6 is 0 Å². The van der Waals surface area contributed by atoms with Crippen LogP contribution < -0.4 is 10.6 Å². The largest absolute Gasteiger partial charge is 0.423 e. The molecule has 4 heteroatoms. The third-order valence-electron chi connectivity index (χ3n) is 4.93. The van der Waals surface area contributed by atoms with Crippen molar-refractivity contribution in [1.29, 1.82) is 0 Å². The SMILES string of the molecule is Nc1cccc2oc(N3CCCC3C3CCCC3)nc12. The smallest absolute Gasteiger partial charge is 0.298 e. The molecule has 4 nitrogen and oxygen atoms in total. The van der Waals surface area contributed by atoms with Crippen LogP contribution in [-0.2, 0) is 0 Å². The number of nitrogens with two attached hydrogens (primary N) is 1. The summed E-state index contributed by atoms with van der Waals surface area (Å²) in [4.78, 5) is 7.03. The van der Waals surface area contributed by atoms with Gasteiger partial charge in [-0.05, 0) is 43.7 Å². The highest BCUT2D eigenvalue weighted by Crippen LogP contribution is 2.38. The third-order valence-corrected chi connectivity index (χ3v) is 4.93. The van der Waals surface area contributed by atoms with E-state index in [2.05, 4.69) is 9.88 Å². The maximum Gasteiger partial charge on any atom is 0.298 e. The summed E-state index contributed by atoms with van der Waals surface area (Å²) in [6.45, 7) is 1.06. The zero-order valence-corrected chi connectivity index (χ0v) is 11.7. The van der Waals surface area contributed by atoms with Gasteiger partial charge in [-0.1, -0.05) is 18.9 Å². The van der Waals surface area contributed by atoms with Crippen molar-refractivity contribution in [2.45, 2.75) is 44.6 Å². The van der Waals surface area contributed by atoms with Crippen molar-refractivity contribution in [2.24, 2.45) is 5.92 Å². The highest BCUT2D eigenvalue weighted by molar-refractivity contribution is 5.86. The van der Waals surface area contributed by atoms with E-state index in [0.29, 0.717) is 11.7 Å². The second-order valence-corrected chi connectivity index (χ2v) is 6.14. The summed E-state index contributed by atoms with van der Waals surface area (Å²) < 4.78 is 5.96. The molecule has 20 heavy (non-hydrogen) atoms. The molecule has 2 aromatic rings. The van der Waals surface area contributed by atoms with E-state index >= 15 is 0 Å². The molecule has 1 aromatic heterocycles. The molecule has 1 aromatic carbocycles. The van der Waals surface area contributed by atoms with Crippen molar-refractivity contribution < 1.29 is 4.42 Å². The molecule has 2 heterocycles. The predicted molar refractivity (Wildman–Crippen MR) is 80.7 cm³/mol. The van der Waals surface area contributed by atoms with Crippen LogP contribution in [0.3, 0.4) is 0 Å². The van der Waals surface area contributed by atoms with Gasteiger partial charge in [0.1, 0.15) is 5.52 Å². The molecule has 1 saturated heterocycles. The Morgan fingerprint density at radius 2 is 2.00 bits per heavy atom. The van der Waals surface area contributed by atoms with Crippen molar-refractivity contribution in [3.8, 4) is 0 Å². The Balaban J connectivity index is 1.68. The lowest BCUT2D eigenvalue weighted by Crippen LogP contribution is -2.34. The summed E-state index contributed by atoms with van der Waals surface area (Å²) in [5.41, 5.74) is 8.29. The number of hydrogen-bond donors (Lipinski definition) is 1. The number of anilines is 2. The van der Waals surface area contributed by atoms with Crippen LogP contribution in [0.25, 0.3) is 11.1 Å². The molecule has 2 fully saturated rings. The first-order valence-corrected chi connectivity index (χ1v) is 7.74. The lowest BCUT2D eigenvalue weighted by molar-refractivity contribution is 0.413. The molecule has 1 saturated carbocycles. The summed E-state index contributed by atoms with van der Waals surface area (Å²) in [6.07, 6.45) is 8.02. The van der Waals surface area contributed by atoms with E-state index in [9.17, 15) is 0 Å². The number of benzene rings is 1. The van der Waals surface area contributed by atoms with E-state index in [1.54, 1.807) is 0 Å². The number of nitrogens with zero attached hydrogens (tertiary/aromatic N) is 2. The van der Waals surface area contributed by atoms with Crippen molar-refractivity contribution in [1.82, 2.24) is 4.98 Å². The van der Waals surface area contributed by atoms with Gasteiger partial charge in [0.2, 0.25) is 0 Å². The van der Waals surface area contributed by atoms with Crippen LogP contribution in [0.2, 0.25) is 0 Å². The van der Waals surface area contributed by atoms with Crippen molar-refractivity contribution in [3.05, 3.63) is 18.2 Å². The van der Waals surface area contributed by atoms with E-state index in [1.807, 2.05) is 18.2 Å². The first-order valence-electron chi connectivity index (χ1n) is 7.74. The summed E-state index contributed by atoms with van der Waals surface area (Å²) in [5.74, 6) is 0.824. The van der Waals surface area contributed by atoms with E-state index < -0.39 is 0 Å². The summed E-state index contributed by atoms with van der Waals surface area (Å²) in [6, 6.07) is 7.14. The third kappa shape index (κ3) is 1.86. The lowest BCUT2D eigenvalue weighted by atomic mass is 9.96. The average molecular weight is 271 g/mol. The minimum Gasteiger partial charge on any atom is -0.423 e. The van der Waals surface area contributed by atoms with Gasteiger partial charge in [-0.15, -0.1) is 0 Å². The van der Waals surface area contributed by atoms with E-state index in [4.69, 9.17) is 10.2 Å². The van der Waals surface area contributed by atoms with Crippen LogP contribution in [-0.4, -0.2) is 17.6 Å². The highest BCUT2D eigenvalue weighted by atomic mass is 16.4. The normalized spacial score (nSPS) is 24.0. The molecule has 1 aliphatic carbocycles. The minimum absolute atomic E-state index is 0.617. The Kier molecular flexibility index (Phi) is 2.83. The molecule has 106 valence electrons. The highest BCUT2D eigenvalue weighted by Gasteiger charge is 2.35. The maximum absolute atomic E-state index is 5.98. The fraction of sp³-hybridized carbons (Fsp3) is 0.562. The molecule has 0 bridgehead atoms. The fourth-order valence-electron chi connectivity index (χ4n) is 3.94. The Labute approximate surface area is 118 Å². The van der Waals surface area contributed by atoms with Crippen LogP contribution in [0.1, 0.15) is 38.5 Å². The standard InChI is InChI=1S/C16H21N3O/c17-12-7-3-9-14-15(12)18-16(20-14)19-10-4-8-13(19)11-5-1-2-6-11/h3,7,9,11,13H,1-2,4-6,8,10,17H2. The zero-order chi connectivity index (χ0) is 13.5. The molecule has 4 rings (SSSR count). The number of hydrogen-bond acceptors (Lipinski definition) is 4. The minimum atomic E-state index is 0.617. The van der Waals surface area contributed by atoms with Gasteiger partial charge in [0.25, 0.3) is 6.01 Å². The van der Waals surface area contributed by atoms with Crippen LogP contribution in [0, 0.1) is 5.92 Å². The number of rotatable bonds is 2. The fourth-order valence-corrected chi connectivity index (χ4v) is 3.94. The molecule has 2 aliphatic rings. The molecule has 0 radical (unpaired) electrons. The summed E-state index contributed by atoms with van der Waals surface area (Å²) in [5, 5.41) is 0. The van der Waals surface area contributed by atoms with Crippen molar-refractivity contribution in [2.75, 3.05) is 17.2 Å². The number of oxazole rings is 1. The van der Waals surface area contributed by atoms with Gasteiger partial charge in [-0.25, -0.2) is 0 Å². The van der Waals surface area contributed by atoms with Gasteiger partial charge in [0, 0.05) is 12.6 Å². The Morgan fingerprint density at radius 3 is 2.80 bits per heavy atom. The molecule has 0 amide bonds. The topological polar surface area (TPSA) is 55.3 Å². The maximum atomic E-state index is 5.98. The van der Waals surface area contributed by atoms with E-state index in [1.165, 1.54) is 38.5 Å². The van der Waals surface area contributed by atoms with Gasteiger partial charge in [0.15, 0.2) is 5.58 Å². The van der Waals surface area contributed by atoms with Gasteiger partial charge < -0.3 is 15.1 Å². The Morgan fingerprint density at radius 1 is 1.15 bits per heavy atom. The van der Waals surface area contributed by atoms with Crippen molar-refractivity contribution >= 4 is 22.8 Å². The predicted octanol–water partition coefficient (Wildman–Crippen LogP) is 3.57. The molecule has 1 unspecified atom stereocenters. The lowest BCUT2D eigenvalue weighted by Gasteiger charge is -2.27. The summed E-state index contributed by atoms with van der Waals surface area (Å²) >= 11 is 0. The Hall–Kier alpha value is -1.71.